The molecule has 2 aliphatic rings. The summed E-state index contributed by atoms with van der Waals surface area (Å²) in [7, 11) is -3.31. The van der Waals surface area contributed by atoms with Gasteiger partial charge in [-0.15, -0.1) is 0 Å². The molecule has 3 aromatic rings. The second kappa shape index (κ2) is 9.75. The zero-order valence-electron chi connectivity index (χ0n) is 20.6. The molecule has 0 amide bonds. The van der Waals surface area contributed by atoms with Crippen LogP contribution < -0.4 is 9.62 Å². The van der Waals surface area contributed by atoms with E-state index in [0.29, 0.717) is 22.4 Å². The quantitative estimate of drug-likeness (QED) is 0.479. The first-order valence-corrected chi connectivity index (χ1v) is 14.1. The Hall–Kier alpha value is -2.92. The van der Waals surface area contributed by atoms with E-state index in [1.54, 1.807) is 25.1 Å². The molecule has 0 aliphatic carbocycles. The number of alkyl halides is 3. The minimum atomic E-state index is -4.26. The number of halogens is 3. The number of fused-ring (bicyclic) bond motifs is 1. The van der Waals surface area contributed by atoms with Crippen molar-refractivity contribution in [3.63, 3.8) is 0 Å². The summed E-state index contributed by atoms with van der Waals surface area (Å²) in [5, 5.41) is 0.661. The number of anilines is 2. The van der Waals surface area contributed by atoms with Crippen LogP contribution in [0.15, 0.2) is 48.8 Å². The summed E-state index contributed by atoms with van der Waals surface area (Å²) < 4.78 is 65.1. The number of hydrogen-bond acceptors (Lipinski definition) is 6. The van der Waals surface area contributed by atoms with Gasteiger partial charge in [0.1, 0.15) is 12.1 Å². The van der Waals surface area contributed by atoms with Crippen molar-refractivity contribution in [1.82, 2.24) is 14.9 Å². The highest BCUT2D eigenvalue weighted by atomic mass is 32.2. The Morgan fingerprint density at radius 1 is 1.03 bits per heavy atom. The van der Waals surface area contributed by atoms with Gasteiger partial charge in [0, 0.05) is 43.8 Å². The van der Waals surface area contributed by atoms with Crippen molar-refractivity contribution in [2.45, 2.75) is 38.9 Å². The van der Waals surface area contributed by atoms with Crippen LogP contribution in [0.2, 0.25) is 0 Å². The van der Waals surface area contributed by atoms with E-state index in [2.05, 4.69) is 24.5 Å². The Morgan fingerprint density at radius 2 is 1.78 bits per heavy atom. The molecule has 2 saturated heterocycles. The first kappa shape index (κ1) is 25.7. The van der Waals surface area contributed by atoms with E-state index in [0.717, 1.165) is 51.1 Å². The van der Waals surface area contributed by atoms with Crippen LogP contribution in [0.1, 0.15) is 30.9 Å². The van der Waals surface area contributed by atoms with Crippen molar-refractivity contribution in [1.29, 1.82) is 0 Å². The van der Waals surface area contributed by atoms with Crippen molar-refractivity contribution in [2.24, 2.45) is 5.41 Å². The van der Waals surface area contributed by atoms with Crippen LogP contribution in [0.4, 0.5) is 24.7 Å². The molecule has 5 rings (SSSR count). The fraction of sp³-hybridized carbons (Fsp3) is 0.462. The molecular weight excluding hydrogens is 503 g/mol. The molecule has 1 aromatic heterocycles. The summed E-state index contributed by atoms with van der Waals surface area (Å²) in [6.45, 7) is 5.87. The third kappa shape index (κ3) is 5.98. The van der Waals surface area contributed by atoms with Crippen LogP contribution in [0.5, 0.6) is 0 Å². The molecular formula is C26H30F3N5O2S. The fourth-order valence-electron chi connectivity index (χ4n) is 5.45. The molecule has 11 heteroatoms. The number of likely N-dealkylation sites (tertiary alicyclic amines) is 1. The molecule has 2 aromatic carbocycles. The molecule has 1 N–H and O–H groups in total. The lowest BCUT2D eigenvalue weighted by Crippen LogP contribution is -2.59. The second-order valence-corrected chi connectivity index (χ2v) is 12.2. The summed E-state index contributed by atoms with van der Waals surface area (Å²) >= 11 is 0. The van der Waals surface area contributed by atoms with E-state index < -0.39 is 22.6 Å². The summed E-state index contributed by atoms with van der Waals surface area (Å²) in [5.41, 5.74) is 2.73. The average Bonchev–Trinajstić information content (AvgIpc) is 2.82. The van der Waals surface area contributed by atoms with Crippen molar-refractivity contribution in [3.8, 4) is 0 Å². The molecule has 0 unspecified atom stereocenters. The first-order chi connectivity index (χ1) is 17.5. The Morgan fingerprint density at radius 3 is 2.49 bits per heavy atom. The minimum Gasteiger partial charge on any atom is -0.356 e. The number of rotatable bonds is 7. The Bertz CT molecular complexity index is 1380. The fourth-order valence-corrected chi connectivity index (χ4v) is 6.08. The van der Waals surface area contributed by atoms with Crippen LogP contribution in [-0.2, 0) is 23.0 Å². The van der Waals surface area contributed by atoms with Gasteiger partial charge in [0.05, 0.1) is 17.7 Å². The normalized spacial score (nSPS) is 18.2. The third-order valence-electron chi connectivity index (χ3n) is 7.31. The summed E-state index contributed by atoms with van der Waals surface area (Å²) in [5.74, 6) is 0.731. The Labute approximate surface area is 214 Å². The number of aromatic nitrogens is 2. The highest BCUT2D eigenvalue weighted by molar-refractivity contribution is 7.92. The maximum Gasteiger partial charge on any atom is 0.393 e. The number of hydrogen-bond donors (Lipinski definition) is 1. The van der Waals surface area contributed by atoms with Gasteiger partial charge in [-0.25, -0.2) is 18.4 Å². The van der Waals surface area contributed by atoms with Gasteiger partial charge in [-0.05, 0) is 60.6 Å². The molecule has 198 valence electrons. The van der Waals surface area contributed by atoms with E-state index >= 15 is 0 Å². The highest BCUT2D eigenvalue weighted by Crippen LogP contribution is 2.42. The largest absolute Gasteiger partial charge is 0.393 e. The standard InChI is InChI=1S/C26H30F3N5O2S/c1-2-37(35,36)32-21-5-3-4-20(12-21)15-33-16-25(17-33)8-10-34(11-9-25)24-22-13-19(14-26(27,28)29)6-7-23(22)30-18-31-24/h3-7,12-13,18,32H,2,8-11,14-17H2,1H3. The lowest BCUT2D eigenvalue weighted by molar-refractivity contribution is -0.127. The topological polar surface area (TPSA) is 78.4 Å². The highest BCUT2D eigenvalue weighted by Gasteiger charge is 2.44. The molecule has 1 spiro atoms. The van der Waals surface area contributed by atoms with E-state index in [1.165, 1.54) is 12.4 Å². The van der Waals surface area contributed by atoms with E-state index in [1.807, 2.05) is 18.2 Å². The van der Waals surface area contributed by atoms with Crippen LogP contribution in [-0.4, -0.2) is 61.4 Å². The molecule has 2 fully saturated rings. The van der Waals surface area contributed by atoms with Gasteiger partial charge in [0.2, 0.25) is 10.0 Å². The average molecular weight is 534 g/mol. The molecule has 0 radical (unpaired) electrons. The Kier molecular flexibility index (Phi) is 6.78. The van der Waals surface area contributed by atoms with Crippen LogP contribution in [0.25, 0.3) is 10.9 Å². The third-order valence-corrected chi connectivity index (χ3v) is 8.62. The molecule has 3 heterocycles. The van der Waals surface area contributed by atoms with Gasteiger partial charge in [-0.2, -0.15) is 13.2 Å². The predicted molar refractivity (Wildman–Crippen MR) is 138 cm³/mol. The number of nitrogens with zero attached hydrogens (tertiary/aromatic N) is 4. The molecule has 2 aliphatic heterocycles. The number of nitrogens with one attached hydrogen (secondary N) is 1. The number of sulfonamides is 1. The number of piperidine rings is 1. The predicted octanol–water partition coefficient (Wildman–Crippen LogP) is 4.60. The van der Waals surface area contributed by atoms with E-state index in [4.69, 9.17) is 0 Å². The van der Waals surface area contributed by atoms with Crippen LogP contribution in [0, 0.1) is 5.41 Å². The lowest BCUT2D eigenvalue weighted by Gasteiger charge is -2.54. The Balaban J connectivity index is 1.20. The van der Waals surface area contributed by atoms with Crippen molar-refractivity contribution < 1.29 is 21.6 Å². The van der Waals surface area contributed by atoms with Gasteiger partial charge in [-0.1, -0.05) is 18.2 Å². The summed E-state index contributed by atoms with van der Waals surface area (Å²) in [6, 6.07) is 12.2. The SMILES string of the molecule is CCS(=O)(=O)Nc1cccc(CN2CC3(CCN(c4ncnc5ccc(CC(F)(F)F)cc45)CC3)C2)c1. The molecule has 0 saturated carbocycles. The van der Waals surface area contributed by atoms with Gasteiger partial charge in [-0.3, -0.25) is 9.62 Å². The van der Waals surface area contributed by atoms with Crippen LogP contribution >= 0.6 is 0 Å². The lowest BCUT2D eigenvalue weighted by atomic mass is 9.72. The molecule has 0 bridgehead atoms. The maximum atomic E-state index is 12.9. The van der Waals surface area contributed by atoms with Gasteiger partial charge >= 0.3 is 6.18 Å². The monoisotopic (exact) mass is 533 g/mol. The van der Waals surface area contributed by atoms with E-state index in [9.17, 15) is 21.6 Å². The smallest absolute Gasteiger partial charge is 0.356 e. The zero-order valence-corrected chi connectivity index (χ0v) is 21.4. The second-order valence-electron chi connectivity index (χ2n) is 10.2. The minimum absolute atomic E-state index is 0.0302. The van der Waals surface area contributed by atoms with Crippen LogP contribution in [0.3, 0.4) is 0 Å². The van der Waals surface area contributed by atoms with Crippen molar-refractivity contribution >= 4 is 32.4 Å². The summed E-state index contributed by atoms with van der Waals surface area (Å²) in [6.07, 6.45) is -1.79. The van der Waals surface area contributed by atoms with Crippen molar-refractivity contribution in [2.75, 3.05) is 41.6 Å². The summed E-state index contributed by atoms with van der Waals surface area (Å²) in [4.78, 5) is 13.2. The van der Waals surface area contributed by atoms with Gasteiger partial charge in [0.15, 0.2) is 0 Å². The zero-order chi connectivity index (χ0) is 26.3. The molecule has 0 atom stereocenters. The first-order valence-electron chi connectivity index (χ1n) is 12.4. The van der Waals surface area contributed by atoms with Gasteiger partial charge in [0.25, 0.3) is 0 Å². The molecule has 7 nitrogen and oxygen atoms in total. The molecule has 37 heavy (non-hydrogen) atoms. The van der Waals surface area contributed by atoms with Crippen molar-refractivity contribution in [3.05, 3.63) is 59.9 Å². The number of benzene rings is 2. The van der Waals surface area contributed by atoms with E-state index in [-0.39, 0.29) is 16.7 Å². The van der Waals surface area contributed by atoms with Gasteiger partial charge < -0.3 is 4.90 Å². The maximum absolute atomic E-state index is 12.9.